The van der Waals surface area contributed by atoms with Crippen molar-refractivity contribution in [3.8, 4) is 0 Å². The summed E-state index contributed by atoms with van der Waals surface area (Å²) in [5.41, 5.74) is 5.33. The van der Waals surface area contributed by atoms with E-state index in [9.17, 15) is 14.4 Å². The molecule has 1 unspecified atom stereocenters. The van der Waals surface area contributed by atoms with Gasteiger partial charge in [-0.1, -0.05) is 62.4 Å². The molecular formula is C30H35N3O3. The maximum atomic E-state index is 13.8. The van der Waals surface area contributed by atoms with Crippen LogP contribution in [0.1, 0.15) is 73.0 Å². The monoisotopic (exact) mass is 485 g/mol. The average Bonchev–Trinajstić information content (AvgIpc) is 3.64. The van der Waals surface area contributed by atoms with Gasteiger partial charge in [-0.2, -0.15) is 0 Å². The van der Waals surface area contributed by atoms with Crippen LogP contribution in [0, 0.1) is 5.92 Å². The molecule has 1 saturated heterocycles. The van der Waals surface area contributed by atoms with Gasteiger partial charge in [-0.15, -0.1) is 0 Å². The summed E-state index contributed by atoms with van der Waals surface area (Å²) in [6.07, 6.45) is 7.24. The van der Waals surface area contributed by atoms with E-state index >= 15 is 0 Å². The van der Waals surface area contributed by atoms with E-state index in [-0.39, 0.29) is 23.6 Å². The summed E-state index contributed by atoms with van der Waals surface area (Å²) >= 11 is 0. The van der Waals surface area contributed by atoms with Crippen molar-refractivity contribution in [2.45, 2.75) is 71.1 Å². The lowest BCUT2D eigenvalue weighted by Crippen LogP contribution is -2.55. The molecule has 2 aromatic carbocycles. The number of nitrogens with one attached hydrogen (secondary N) is 1. The molecule has 2 aliphatic heterocycles. The number of likely N-dealkylation sites (tertiary alicyclic amines) is 1. The van der Waals surface area contributed by atoms with E-state index in [0.717, 1.165) is 30.4 Å². The van der Waals surface area contributed by atoms with E-state index in [1.807, 2.05) is 38.1 Å². The molecule has 1 fully saturated rings. The molecule has 0 aromatic heterocycles. The van der Waals surface area contributed by atoms with Crippen LogP contribution in [-0.4, -0.2) is 46.1 Å². The number of hydrogen-bond acceptors (Lipinski definition) is 3. The number of nitrogens with zero attached hydrogens (tertiary/aromatic N) is 2. The van der Waals surface area contributed by atoms with Crippen LogP contribution in [0.2, 0.25) is 0 Å². The first-order valence-corrected chi connectivity index (χ1v) is 13.2. The van der Waals surface area contributed by atoms with Gasteiger partial charge in [-0.05, 0) is 66.4 Å². The summed E-state index contributed by atoms with van der Waals surface area (Å²) < 4.78 is 0. The van der Waals surface area contributed by atoms with Crippen LogP contribution in [-0.2, 0) is 22.7 Å². The third kappa shape index (κ3) is 4.69. The first-order valence-electron chi connectivity index (χ1n) is 13.2. The van der Waals surface area contributed by atoms with Gasteiger partial charge in [0.2, 0.25) is 11.8 Å². The molecule has 2 atom stereocenters. The molecule has 2 aromatic rings. The van der Waals surface area contributed by atoms with Crippen LogP contribution in [0.15, 0.2) is 54.6 Å². The SMILES string of the molecule is CC(C)C(C(=O)N1CCC[C@H]1C(=O)NCc1ccc(C2=CCCC2)cc1)N1Cc2ccccc2C1=O. The van der Waals surface area contributed by atoms with Gasteiger partial charge in [0.05, 0.1) is 0 Å². The van der Waals surface area contributed by atoms with Crippen molar-refractivity contribution in [2.24, 2.45) is 5.92 Å². The molecule has 2 heterocycles. The summed E-state index contributed by atoms with van der Waals surface area (Å²) in [6.45, 7) is 5.34. The Morgan fingerprint density at radius 3 is 2.53 bits per heavy atom. The molecule has 0 radical (unpaired) electrons. The van der Waals surface area contributed by atoms with Gasteiger partial charge in [0.15, 0.2) is 0 Å². The summed E-state index contributed by atoms with van der Waals surface area (Å²) in [4.78, 5) is 43.4. The molecule has 1 N–H and O–H groups in total. The molecule has 6 nitrogen and oxygen atoms in total. The second-order valence-corrected chi connectivity index (χ2v) is 10.5. The van der Waals surface area contributed by atoms with Crippen LogP contribution < -0.4 is 5.32 Å². The molecule has 3 amide bonds. The van der Waals surface area contributed by atoms with Gasteiger partial charge < -0.3 is 15.1 Å². The van der Waals surface area contributed by atoms with E-state index in [2.05, 4.69) is 35.7 Å². The van der Waals surface area contributed by atoms with E-state index in [1.165, 1.54) is 17.6 Å². The molecule has 1 aliphatic carbocycles. The summed E-state index contributed by atoms with van der Waals surface area (Å²) in [5, 5.41) is 3.05. The zero-order chi connectivity index (χ0) is 25.2. The zero-order valence-electron chi connectivity index (χ0n) is 21.2. The highest BCUT2D eigenvalue weighted by Gasteiger charge is 2.43. The van der Waals surface area contributed by atoms with Gasteiger partial charge >= 0.3 is 0 Å². The van der Waals surface area contributed by atoms with E-state index in [0.29, 0.717) is 31.6 Å². The Hall–Kier alpha value is -3.41. The quantitative estimate of drug-likeness (QED) is 0.626. The Bertz CT molecular complexity index is 1180. The number of carbonyl (C=O) groups excluding carboxylic acids is 3. The van der Waals surface area contributed by atoms with Crippen LogP contribution in [0.5, 0.6) is 0 Å². The molecule has 188 valence electrons. The first-order chi connectivity index (χ1) is 17.4. The lowest BCUT2D eigenvalue weighted by Gasteiger charge is -2.35. The highest BCUT2D eigenvalue weighted by atomic mass is 16.2. The van der Waals surface area contributed by atoms with Crippen molar-refractivity contribution in [2.75, 3.05) is 6.54 Å². The van der Waals surface area contributed by atoms with Gasteiger partial charge in [0.25, 0.3) is 5.91 Å². The predicted octanol–water partition coefficient (Wildman–Crippen LogP) is 4.54. The van der Waals surface area contributed by atoms with Gasteiger partial charge in [-0.3, -0.25) is 14.4 Å². The number of benzene rings is 2. The Balaban J connectivity index is 1.24. The van der Waals surface area contributed by atoms with E-state index in [1.54, 1.807) is 9.80 Å². The Kier molecular flexibility index (Phi) is 6.95. The number of fused-ring (bicyclic) bond motifs is 1. The highest BCUT2D eigenvalue weighted by Crippen LogP contribution is 2.30. The number of rotatable bonds is 7. The van der Waals surface area contributed by atoms with Gasteiger partial charge in [-0.25, -0.2) is 0 Å². The standard InChI is InChI=1S/C30H35N3O3/c1-20(2)27(33-19-24-10-5-6-11-25(24)29(33)35)30(36)32-17-7-12-26(32)28(34)31-18-21-13-15-23(16-14-21)22-8-3-4-9-22/h5-6,8,10-11,13-16,20,26-27H,3-4,7,9,12,17-19H2,1-2H3,(H,31,34)/t26-,27?/m0/s1. The molecule has 36 heavy (non-hydrogen) atoms. The molecule has 0 spiro atoms. The molecule has 5 rings (SSSR count). The zero-order valence-corrected chi connectivity index (χ0v) is 21.2. The molecular weight excluding hydrogens is 450 g/mol. The van der Waals surface area contributed by atoms with Gasteiger partial charge in [0, 0.05) is 25.2 Å². The lowest BCUT2D eigenvalue weighted by molar-refractivity contribution is -0.143. The van der Waals surface area contributed by atoms with Gasteiger partial charge in [0.1, 0.15) is 12.1 Å². The van der Waals surface area contributed by atoms with Crippen molar-refractivity contribution >= 4 is 23.3 Å². The van der Waals surface area contributed by atoms with Crippen LogP contribution >= 0.6 is 0 Å². The van der Waals surface area contributed by atoms with E-state index in [4.69, 9.17) is 0 Å². The second kappa shape index (κ2) is 10.3. The summed E-state index contributed by atoms with van der Waals surface area (Å²) in [5.74, 6) is -0.414. The normalized spacial score (nSPS) is 20.0. The minimum absolute atomic E-state index is 0.0615. The van der Waals surface area contributed by atoms with Crippen molar-refractivity contribution < 1.29 is 14.4 Å². The third-order valence-electron chi connectivity index (χ3n) is 7.74. The predicted molar refractivity (Wildman–Crippen MR) is 140 cm³/mol. The summed E-state index contributed by atoms with van der Waals surface area (Å²) in [6, 6.07) is 14.8. The fourth-order valence-corrected chi connectivity index (χ4v) is 5.83. The topological polar surface area (TPSA) is 69.7 Å². The second-order valence-electron chi connectivity index (χ2n) is 10.5. The maximum Gasteiger partial charge on any atom is 0.255 e. The van der Waals surface area contributed by atoms with Crippen molar-refractivity contribution in [1.82, 2.24) is 15.1 Å². The Morgan fingerprint density at radius 1 is 1.06 bits per heavy atom. The largest absolute Gasteiger partial charge is 0.350 e. The van der Waals surface area contributed by atoms with Crippen LogP contribution in [0.3, 0.4) is 0 Å². The minimum Gasteiger partial charge on any atom is -0.350 e. The third-order valence-corrected chi connectivity index (χ3v) is 7.74. The molecule has 0 bridgehead atoms. The van der Waals surface area contributed by atoms with E-state index < -0.39 is 12.1 Å². The Morgan fingerprint density at radius 2 is 1.83 bits per heavy atom. The number of amides is 3. The fourth-order valence-electron chi connectivity index (χ4n) is 5.83. The molecule has 6 heteroatoms. The smallest absolute Gasteiger partial charge is 0.255 e. The summed E-state index contributed by atoms with van der Waals surface area (Å²) in [7, 11) is 0. The fraction of sp³-hybridized carbons (Fsp3) is 0.433. The first kappa shape index (κ1) is 24.3. The van der Waals surface area contributed by atoms with Crippen LogP contribution in [0.25, 0.3) is 5.57 Å². The lowest BCUT2D eigenvalue weighted by atomic mass is 10.0. The number of hydrogen-bond donors (Lipinski definition) is 1. The van der Waals surface area contributed by atoms with Crippen molar-refractivity contribution in [3.63, 3.8) is 0 Å². The average molecular weight is 486 g/mol. The maximum absolute atomic E-state index is 13.8. The molecule has 3 aliphatic rings. The number of carbonyl (C=O) groups is 3. The van der Waals surface area contributed by atoms with Crippen molar-refractivity contribution in [1.29, 1.82) is 0 Å². The minimum atomic E-state index is -0.587. The number of allylic oxidation sites excluding steroid dienone is 2. The van der Waals surface area contributed by atoms with Crippen LogP contribution in [0.4, 0.5) is 0 Å². The molecule has 0 saturated carbocycles. The Labute approximate surface area is 213 Å². The van der Waals surface area contributed by atoms with Crippen molar-refractivity contribution in [3.05, 3.63) is 76.9 Å². The highest BCUT2D eigenvalue weighted by molar-refractivity contribution is 6.01.